The predicted octanol–water partition coefficient (Wildman–Crippen LogP) is 0.409. The number of carbonyl (C=O) groups is 3. The lowest BCUT2D eigenvalue weighted by molar-refractivity contribution is -0.138. The number of rotatable bonds is 6. The maximum atomic E-state index is 11.8. The van der Waals surface area contributed by atoms with E-state index in [4.69, 9.17) is 5.11 Å². The van der Waals surface area contributed by atoms with Gasteiger partial charge >= 0.3 is 12.0 Å². The number of carboxylic acid groups (broad SMARTS) is 1. The molecule has 1 atom stereocenters. The van der Waals surface area contributed by atoms with Gasteiger partial charge in [0.1, 0.15) is 0 Å². The van der Waals surface area contributed by atoms with Crippen LogP contribution in [0.25, 0.3) is 0 Å². The van der Waals surface area contributed by atoms with E-state index in [-0.39, 0.29) is 31.3 Å². The molecular formula is C13H23N3O4. The molecule has 1 fully saturated rings. The average molecular weight is 285 g/mol. The molecule has 3 amide bonds. The molecule has 0 aromatic rings. The summed E-state index contributed by atoms with van der Waals surface area (Å²) < 4.78 is 0. The third-order valence-electron chi connectivity index (χ3n) is 3.24. The predicted molar refractivity (Wildman–Crippen MR) is 73.2 cm³/mol. The Balaban J connectivity index is 2.15. The van der Waals surface area contributed by atoms with Crippen LogP contribution < -0.4 is 10.6 Å². The Morgan fingerprint density at radius 1 is 1.15 bits per heavy atom. The lowest BCUT2D eigenvalue weighted by atomic mass is 10.1. The van der Waals surface area contributed by atoms with Gasteiger partial charge in [0.15, 0.2) is 0 Å². The van der Waals surface area contributed by atoms with Crippen molar-refractivity contribution in [3.05, 3.63) is 0 Å². The van der Waals surface area contributed by atoms with E-state index in [1.165, 1.54) is 0 Å². The minimum absolute atomic E-state index is 0.00693. The Morgan fingerprint density at radius 2 is 1.80 bits per heavy atom. The fourth-order valence-corrected chi connectivity index (χ4v) is 2.11. The third-order valence-corrected chi connectivity index (χ3v) is 3.24. The quantitative estimate of drug-likeness (QED) is 0.658. The number of carboxylic acids is 1. The summed E-state index contributed by atoms with van der Waals surface area (Å²) in [4.78, 5) is 35.5. The van der Waals surface area contributed by atoms with Crippen molar-refractivity contribution in [2.45, 2.75) is 32.6 Å². The molecule has 1 heterocycles. The highest BCUT2D eigenvalue weighted by Crippen LogP contribution is 2.08. The first-order chi connectivity index (χ1) is 9.49. The van der Waals surface area contributed by atoms with Gasteiger partial charge < -0.3 is 20.6 Å². The zero-order valence-corrected chi connectivity index (χ0v) is 11.9. The molecule has 1 rings (SSSR count). The van der Waals surface area contributed by atoms with Gasteiger partial charge in [-0.05, 0) is 25.2 Å². The fraction of sp³-hybridized carbons (Fsp3) is 0.769. The van der Waals surface area contributed by atoms with Crippen LogP contribution >= 0.6 is 0 Å². The zero-order chi connectivity index (χ0) is 15.0. The van der Waals surface area contributed by atoms with E-state index in [9.17, 15) is 14.4 Å². The van der Waals surface area contributed by atoms with Gasteiger partial charge in [-0.2, -0.15) is 0 Å². The molecule has 1 saturated heterocycles. The Bertz CT molecular complexity index is 354. The average Bonchev–Trinajstić information content (AvgIpc) is 2.42. The molecule has 0 saturated carbocycles. The summed E-state index contributed by atoms with van der Waals surface area (Å²) in [6, 6.07) is -0.437. The molecular weight excluding hydrogens is 262 g/mol. The van der Waals surface area contributed by atoms with Crippen LogP contribution in [0.5, 0.6) is 0 Å². The van der Waals surface area contributed by atoms with Crippen LogP contribution in [0.1, 0.15) is 32.6 Å². The second-order valence-electron chi connectivity index (χ2n) is 5.21. The molecule has 0 bridgehead atoms. The molecule has 114 valence electrons. The number of amides is 3. The van der Waals surface area contributed by atoms with Gasteiger partial charge in [0, 0.05) is 26.1 Å². The number of hydrogen-bond acceptors (Lipinski definition) is 3. The van der Waals surface area contributed by atoms with Crippen LogP contribution in [-0.2, 0) is 9.59 Å². The van der Waals surface area contributed by atoms with E-state index in [1.54, 1.807) is 11.8 Å². The van der Waals surface area contributed by atoms with Crippen molar-refractivity contribution in [2.75, 3.05) is 26.2 Å². The number of urea groups is 1. The standard InChI is InChI=1S/C13H23N3O4/c1-10(7-12(18)19)8-14-13(20)15-9-11(17)16-5-3-2-4-6-16/h10H,2-9H2,1H3,(H,18,19)(H2,14,15,20). The Labute approximate surface area is 118 Å². The topological polar surface area (TPSA) is 98.7 Å². The third kappa shape index (κ3) is 6.40. The van der Waals surface area contributed by atoms with E-state index < -0.39 is 12.0 Å². The maximum absolute atomic E-state index is 11.8. The lowest BCUT2D eigenvalue weighted by Gasteiger charge is -2.26. The van der Waals surface area contributed by atoms with E-state index in [2.05, 4.69) is 10.6 Å². The van der Waals surface area contributed by atoms with Gasteiger partial charge in [-0.3, -0.25) is 9.59 Å². The van der Waals surface area contributed by atoms with E-state index in [0.29, 0.717) is 0 Å². The first-order valence-corrected chi connectivity index (χ1v) is 7.00. The fourth-order valence-electron chi connectivity index (χ4n) is 2.11. The number of nitrogens with zero attached hydrogens (tertiary/aromatic N) is 1. The molecule has 7 nitrogen and oxygen atoms in total. The number of piperidine rings is 1. The maximum Gasteiger partial charge on any atom is 0.315 e. The molecule has 0 aliphatic carbocycles. The first kappa shape index (κ1) is 16.3. The summed E-state index contributed by atoms with van der Waals surface area (Å²) in [6.07, 6.45) is 3.20. The zero-order valence-electron chi connectivity index (χ0n) is 11.9. The molecule has 1 aliphatic heterocycles. The second kappa shape index (κ2) is 8.39. The van der Waals surface area contributed by atoms with Crippen LogP contribution in [0.2, 0.25) is 0 Å². The van der Waals surface area contributed by atoms with Gasteiger partial charge in [-0.25, -0.2) is 4.79 Å². The van der Waals surface area contributed by atoms with Crippen molar-refractivity contribution < 1.29 is 19.5 Å². The molecule has 1 aliphatic rings. The summed E-state index contributed by atoms with van der Waals surface area (Å²) in [5.74, 6) is -1.10. The lowest BCUT2D eigenvalue weighted by Crippen LogP contribution is -2.46. The Kier molecular flexibility index (Phi) is 6.83. The monoisotopic (exact) mass is 285 g/mol. The van der Waals surface area contributed by atoms with Gasteiger partial charge in [0.05, 0.1) is 6.54 Å². The first-order valence-electron chi connectivity index (χ1n) is 7.00. The van der Waals surface area contributed by atoms with Crippen molar-refractivity contribution in [1.82, 2.24) is 15.5 Å². The smallest absolute Gasteiger partial charge is 0.315 e. The van der Waals surface area contributed by atoms with Crippen LogP contribution in [0, 0.1) is 5.92 Å². The van der Waals surface area contributed by atoms with Crippen LogP contribution in [0.15, 0.2) is 0 Å². The van der Waals surface area contributed by atoms with Crippen LogP contribution in [0.4, 0.5) is 4.79 Å². The van der Waals surface area contributed by atoms with Crippen molar-refractivity contribution in [3.8, 4) is 0 Å². The van der Waals surface area contributed by atoms with Crippen molar-refractivity contribution in [3.63, 3.8) is 0 Å². The summed E-state index contributed by atoms with van der Waals surface area (Å²) in [5, 5.41) is 13.7. The number of nitrogens with one attached hydrogen (secondary N) is 2. The van der Waals surface area contributed by atoms with Gasteiger partial charge in [-0.15, -0.1) is 0 Å². The molecule has 7 heteroatoms. The minimum Gasteiger partial charge on any atom is -0.481 e. The van der Waals surface area contributed by atoms with Gasteiger partial charge in [0.2, 0.25) is 5.91 Å². The minimum atomic E-state index is -0.889. The van der Waals surface area contributed by atoms with Crippen molar-refractivity contribution in [2.24, 2.45) is 5.92 Å². The largest absolute Gasteiger partial charge is 0.481 e. The molecule has 20 heavy (non-hydrogen) atoms. The molecule has 0 radical (unpaired) electrons. The number of aliphatic carboxylic acids is 1. The second-order valence-corrected chi connectivity index (χ2v) is 5.21. The number of hydrogen-bond donors (Lipinski definition) is 3. The summed E-state index contributed by atoms with van der Waals surface area (Å²) in [5.41, 5.74) is 0. The Hall–Kier alpha value is -1.79. The molecule has 0 spiro atoms. The normalized spacial score (nSPS) is 16.4. The van der Waals surface area contributed by atoms with Crippen LogP contribution in [0.3, 0.4) is 0 Å². The van der Waals surface area contributed by atoms with Crippen molar-refractivity contribution >= 4 is 17.9 Å². The summed E-state index contributed by atoms with van der Waals surface area (Å²) in [7, 11) is 0. The highest BCUT2D eigenvalue weighted by atomic mass is 16.4. The molecule has 0 aromatic heterocycles. The molecule has 0 aromatic carbocycles. The highest BCUT2D eigenvalue weighted by Gasteiger charge is 2.17. The number of carbonyl (C=O) groups excluding carboxylic acids is 2. The van der Waals surface area contributed by atoms with Crippen molar-refractivity contribution in [1.29, 1.82) is 0 Å². The summed E-state index contributed by atoms with van der Waals surface area (Å²) >= 11 is 0. The summed E-state index contributed by atoms with van der Waals surface area (Å²) in [6.45, 7) is 3.53. The van der Waals surface area contributed by atoms with E-state index in [1.807, 2.05) is 0 Å². The molecule has 1 unspecified atom stereocenters. The number of likely N-dealkylation sites (tertiary alicyclic amines) is 1. The molecule has 3 N–H and O–H groups in total. The highest BCUT2D eigenvalue weighted by molar-refractivity contribution is 5.84. The van der Waals surface area contributed by atoms with Gasteiger partial charge in [-0.1, -0.05) is 6.92 Å². The van der Waals surface area contributed by atoms with E-state index in [0.717, 1.165) is 32.4 Å². The Morgan fingerprint density at radius 3 is 2.40 bits per heavy atom. The van der Waals surface area contributed by atoms with Crippen LogP contribution in [-0.4, -0.2) is 54.1 Å². The van der Waals surface area contributed by atoms with Gasteiger partial charge in [0.25, 0.3) is 0 Å². The van der Waals surface area contributed by atoms with E-state index >= 15 is 0 Å². The SMILES string of the molecule is CC(CNC(=O)NCC(=O)N1CCCCC1)CC(=O)O.